The molecule has 0 bridgehead atoms. The van der Waals surface area contributed by atoms with Crippen molar-refractivity contribution in [3.8, 4) is 5.75 Å². The fourth-order valence-electron chi connectivity index (χ4n) is 2.08. The topological polar surface area (TPSA) is 86.5 Å². The second-order valence-corrected chi connectivity index (χ2v) is 8.29. The van der Waals surface area contributed by atoms with Crippen LogP contribution >= 0.6 is 0 Å². The van der Waals surface area contributed by atoms with Crippen LogP contribution in [0.5, 0.6) is 5.75 Å². The Kier molecular flexibility index (Phi) is 6.56. The van der Waals surface area contributed by atoms with E-state index in [0.29, 0.717) is 6.42 Å². The van der Waals surface area contributed by atoms with Crippen LogP contribution in [0.2, 0.25) is 0 Å². The van der Waals surface area contributed by atoms with E-state index < -0.39 is 15.0 Å². The molecule has 0 radical (unpaired) electrons. The molecule has 0 N–H and O–H groups in total. The van der Waals surface area contributed by atoms with Crippen LogP contribution in [0.3, 0.4) is 0 Å². The van der Waals surface area contributed by atoms with Crippen molar-refractivity contribution in [1.82, 2.24) is 0 Å². The van der Waals surface area contributed by atoms with E-state index in [9.17, 15) is 18.5 Å². The van der Waals surface area contributed by atoms with Gasteiger partial charge in [-0.2, -0.15) is 8.42 Å². The minimum absolute atomic E-state index is 0.134. The van der Waals surface area contributed by atoms with Crippen molar-refractivity contribution in [3.63, 3.8) is 0 Å². The number of unbranched alkanes of at least 4 members (excludes halogenated alkanes) is 3. The third-order valence-electron chi connectivity index (χ3n) is 3.49. The molecule has 1 aromatic rings. The molecule has 0 spiro atoms. The summed E-state index contributed by atoms with van der Waals surface area (Å²) in [5.41, 5.74) is 0.147. The largest absolute Gasteiger partial charge is 0.375 e. The van der Waals surface area contributed by atoms with E-state index in [0.717, 1.165) is 24.8 Å². The Hall–Kier alpha value is -1.63. The molecule has 0 atom stereocenters. The number of nitro benzene ring substituents is 1. The number of benzene rings is 1. The van der Waals surface area contributed by atoms with E-state index in [-0.39, 0.29) is 22.6 Å². The van der Waals surface area contributed by atoms with Crippen LogP contribution in [-0.4, -0.2) is 19.1 Å². The number of nitrogens with zero attached hydrogens (tertiary/aromatic N) is 1. The highest BCUT2D eigenvalue weighted by Crippen LogP contribution is 2.33. The second-order valence-electron chi connectivity index (χ2n) is 6.60. The van der Waals surface area contributed by atoms with Crippen molar-refractivity contribution in [2.45, 2.75) is 58.8 Å². The van der Waals surface area contributed by atoms with Gasteiger partial charge in [-0.1, -0.05) is 53.0 Å². The number of nitro groups is 1. The lowest BCUT2D eigenvalue weighted by atomic mass is 9.87. The van der Waals surface area contributed by atoms with Gasteiger partial charge in [0, 0.05) is 6.07 Å². The number of hydrogen-bond donors (Lipinski definition) is 0. The maximum absolute atomic E-state index is 12.0. The summed E-state index contributed by atoms with van der Waals surface area (Å²) in [7, 11) is -3.82. The summed E-state index contributed by atoms with van der Waals surface area (Å²) in [5.74, 6) is -0.357. The molecule has 0 fully saturated rings. The molecule has 0 aliphatic rings. The Morgan fingerprint density at radius 1 is 1.17 bits per heavy atom. The average Bonchev–Trinajstić information content (AvgIpc) is 2.42. The predicted molar refractivity (Wildman–Crippen MR) is 90.4 cm³/mol. The molecule has 0 aliphatic heterocycles. The quantitative estimate of drug-likeness (QED) is 0.306. The fraction of sp³-hybridized carbons (Fsp3) is 0.625. The summed E-state index contributed by atoms with van der Waals surface area (Å²) >= 11 is 0. The van der Waals surface area contributed by atoms with Gasteiger partial charge in [0.05, 0.1) is 10.7 Å². The van der Waals surface area contributed by atoms with Crippen LogP contribution in [0.4, 0.5) is 5.69 Å². The average molecular weight is 343 g/mol. The Morgan fingerprint density at radius 3 is 2.35 bits per heavy atom. The van der Waals surface area contributed by atoms with Crippen molar-refractivity contribution in [1.29, 1.82) is 0 Å². The van der Waals surface area contributed by atoms with Gasteiger partial charge in [0.2, 0.25) is 5.75 Å². The summed E-state index contributed by atoms with van der Waals surface area (Å²) in [6.45, 7) is 7.82. The zero-order chi connectivity index (χ0) is 17.7. The maximum atomic E-state index is 12.0. The fourth-order valence-corrected chi connectivity index (χ4v) is 3.14. The first-order chi connectivity index (χ1) is 10.6. The summed E-state index contributed by atoms with van der Waals surface area (Å²) in [6, 6.07) is 4.40. The lowest BCUT2D eigenvalue weighted by Crippen LogP contribution is -2.16. The molecule has 0 unspecified atom stereocenters. The molecule has 1 rings (SSSR count). The van der Waals surface area contributed by atoms with Crippen LogP contribution < -0.4 is 4.18 Å². The van der Waals surface area contributed by atoms with Crippen molar-refractivity contribution in [3.05, 3.63) is 33.9 Å². The van der Waals surface area contributed by atoms with E-state index in [1.54, 1.807) is 6.07 Å². The lowest BCUT2D eigenvalue weighted by molar-refractivity contribution is -0.385. The molecule has 0 saturated carbocycles. The Balaban J connectivity index is 2.97. The highest BCUT2D eigenvalue weighted by Gasteiger charge is 2.25. The van der Waals surface area contributed by atoms with Crippen molar-refractivity contribution in [2.24, 2.45) is 0 Å². The monoisotopic (exact) mass is 343 g/mol. The van der Waals surface area contributed by atoms with Gasteiger partial charge in [0.1, 0.15) is 0 Å². The van der Waals surface area contributed by atoms with E-state index >= 15 is 0 Å². The van der Waals surface area contributed by atoms with Gasteiger partial charge in [-0.3, -0.25) is 10.1 Å². The van der Waals surface area contributed by atoms with Gasteiger partial charge in [-0.25, -0.2) is 0 Å². The molecule has 6 nitrogen and oxygen atoms in total. The molecule has 23 heavy (non-hydrogen) atoms. The molecular formula is C16H25NO5S. The molecule has 0 saturated heterocycles. The van der Waals surface area contributed by atoms with E-state index in [2.05, 4.69) is 0 Å². The second kappa shape index (κ2) is 7.77. The first kappa shape index (κ1) is 19.4. The van der Waals surface area contributed by atoms with Crippen molar-refractivity contribution >= 4 is 15.8 Å². The van der Waals surface area contributed by atoms with Gasteiger partial charge in [-0.05, 0) is 23.5 Å². The normalized spacial score (nSPS) is 12.2. The zero-order valence-corrected chi connectivity index (χ0v) is 15.0. The number of hydrogen-bond acceptors (Lipinski definition) is 5. The SMILES string of the molecule is CCCCCCS(=O)(=O)Oc1ccc(C(C)(C)C)cc1[N+](=O)[O-]. The first-order valence-corrected chi connectivity index (χ1v) is 9.35. The van der Waals surface area contributed by atoms with E-state index in [1.165, 1.54) is 12.1 Å². The number of rotatable bonds is 8. The molecular weight excluding hydrogens is 318 g/mol. The van der Waals surface area contributed by atoms with Crippen LogP contribution in [0, 0.1) is 10.1 Å². The summed E-state index contributed by atoms with van der Waals surface area (Å²) in [6.07, 6.45) is 3.24. The minimum atomic E-state index is -3.82. The Morgan fingerprint density at radius 2 is 1.83 bits per heavy atom. The van der Waals surface area contributed by atoms with Gasteiger partial charge in [-0.15, -0.1) is 0 Å². The lowest BCUT2D eigenvalue weighted by Gasteiger charge is -2.19. The van der Waals surface area contributed by atoms with Crippen LogP contribution in [-0.2, 0) is 15.5 Å². The van der Waals surface area contributed by atoms with Gasteiger partial charge >= 0.3 is 15.8 Å². The zero-order valence-electron chi connectivity index (χ0n) is 14.2. The minimum Gasteiger partial charge on any atom is -0.375 e. The third kappa shape index (κ3) is 6.17. The molecule has 7 heteroatoms. The van der Waals surface area contributed by atoms with Crippen LogP contribution in [0.25, 0.3) is 0 Å². The predicted octanol–water partition coefficient (Wildman–Crippen LogP) is 4.18. The van der Waals surface area contributed by atoms with E-state index in [4.69, 9.17) is 4.18 Å². The van der Waals surface area contributed by atoms with Gasteiger partial charge in [0.25, 0.3) is 0 Å². The molecule has 0 aromatic heterocycles. The summed E-state index contributed by atoms with van der Waals surface area (Å²) in [4.78, 5) is 10.6. The van der Waals surface area contributed by atoms with E-state index in [1.807, 2.05) is 27.7 Å². The van der Waals surface area contributed by atoms with Crippen molar-refractivity contribution in [2.75, 3.05) is 5.75 Å². The molecule has 130 valence electrons. The molecule has 1 aromatic carbocycles. The molecule has 0 heterocycles. The molecule has 0 amide bonds. The van der Waals surface area contributed by atoms with Gasteiger partial charge in [0.15, 0.2) is 0 Å². The Labute approximate surface area is 138 Å². The van der Waals surface area contributed by atoms with Crippen LogP contribution in [0.1, 0.15) is 58.9 Å². The van der Waals surface area contributed by atoms with Gasteiger partial charge < -0.3 is 4.18 Å². The standard InChI is InChI=1S/C16H25NO5S/c1-5-6-7-8-11-23(20,21)22-15-10-9-13(16(2,3)4)12-14(15)17(18)19/h9-10,12H,5-8,11H2,1-4H3. The van der Waals surface area contributed by atoms with Crippen LogP contribution in [0.15, 0.2) is 18.2 Å². The van der Waals surface area contributed by atoms with Crippen molar-refractivity contribution < 1.29 is 17.5 Å². The Bertz CT molecular complexity index is 647. The third-order valence-corrected chi connectivity index (χ3v) is 4.71. The highest BCUT2D eigenvalue weighted by atomic mass is 32.2. The summed E-state index contributed by atoms with van der Waals surface area (Å²) in [5, 5.41) is 11.2. The maximum Gasteiger partial charge on any atom is 0.312 e. The molecule has 0 aliphatic carbocycles. The summed E-state index contributed by atoms with van der Waals surface area (Å²) < 4.78 is 28.9. The highest BCUT2D eigenvalue weighted by molar-refractivity contribution is 7.87. The smallest absolute Gasteiger partial charge is 0.312 e. The first-order valence-electron chi connectivity index (χ1n) is 7.78.